The molecule has 0 spiro atoms. The number of halogens is 2. The molecule has 126 valence electrons. The van der Waals surface area contributed by atoms with Gasteiger partial charge in [-0.1, -0.05) is 23.2 Å². The maximum Gasteiger partial charge on any atom is 0.324 e. The molecule has 2 N–H and O–H groups in total. The molecular formula is C16H17Cl2N5O. The molecule has 2 amide bonds. The maximum atomic E-state index is 12.1. The minimum Gasteiger partial charge on any atom is -0.356 e. The van der Waals surface area contributed by atoms with E-state index in [9.17, 15) is 4.79 Å². The van der Waals surface area contributed by atoms with Gasteiger partial charge in [-0.2, -0.15) is 0 Å². The Hall–Kier alpha value is -2.05. The van der Waals surface area contributed by atoms with Gasteiger partial charge in [-0.3, -0.25) is 5.32 Å². The monoisotopic (exact) mass is 365 g/mol. The van der Waals surface area contributed by atoms with Crippen LogP contribution < -0.4 is 15.5 Å². The fourth-order valence-electron chi connectivity index (χ4n) is 2.56. The Morgan fingerprint density at radius 3 is 2.54 bits per heavy atom. The van der Waals surface area contributed by atoms with E-state index >= 15 is 0 Å². The number of carbonyl (C=O) groups is 1. The zero-order valence-corrected chi connectivity index (χ0v) is 14.4. The average Bonchev–Trinajstić information content (AvgIpc) is 2.59. The highest BCUT2D eigenvalue weighted by molar-refractivity contribution is 6.42. The number of hydrogen-bond donors (Lipinski definition) is 2. The van der Waals surface area contributed by atoms with Crippen LogP contribution in [0.15, 0.2) is 30.6 Å². The smallest absolute Gasteiger partial charge is 0.324 e. The predicted octanol–water partition coefficient (Wildman–Crippen LogP) is 4.42. The van der Waals surface area contributed by atoms with Crippen LogP contribution >= 0.6 is 23.2 Å². The van der Waals surface area contributed by atoms with Crippen molar-refractivity contribution >= 4 is 46.6 Å². The van der Waals surface area contributed by atoms with E-state index in [1.54, 1.807) is 24.3 Å². The quantitative estimate of drug-likeness (QED) is 0.844. The van der Waals surface area contributed by atoms with Crippen molar-refractivity contribution in [3.8, 4) is 0 Å². The third-order valence-electron chi connectivity index (χ3n) is 3.75. The number of nitrogens with one attached hydrogen (secondary N) is 2. The fourth-order valence-corrected chi connectivity index (χ4v) is 2.86. The Morgan fingerprint density at radius 1 is 1.00 bits per heavy atom. The second-order valence-corrected chi connectivity index (χ2v) is 6.33. The summed E-state index contributed by atoms with van der Waals surface area (Å²) in [5.41, 5.74) is 0.548. The number of hydrogen-bond acceptors (Lipinski definition) is 4. The molecular weight excluding hydrogens is 349 g/mol. The summed E-state index contributed by atoms with van der Waals surface area (Å²) in [6.07, 6.45) is 5.02. The molecule has 6 nitrogen and oxygen atoms in total. The van der Waals surface area contributed by atoms with Crippen molar-refractivity contribution < 1.29 is 4.79 Å². The number of aromatic nitrogens is 2. The molecule has 0 aliphatic carbocycles. The number of piperidine rings is 1. The molecule has 0 bridgehead atoms. The zero-order valence-electron chi connectivity index (χ0n) is 12.9. The van der Waals surface area contributed by atoms with Gasteiger partial charge in [0.1, 0.15) is 18.0 Å². The van der Waals surface area contributed by atoms with Crippen LogP contribution in [-0.2, 0) is 0 Å². The number of anilines is 3. The topological polar surface area (TPSA) is 70.2 Å². The highest BCUT2D eigenvalue weighted by Gasteiger charge is 2.13. The second kappa shape index (κ2) is 7.68. The lowest BCUT2D eigenvalue weighted by atomic mass is 10.1. The van der Waals surface area contributed by atoms with Gasteiger partial charge in [0.15, 0.2) is 0 Å². The Balaban J connectivity index is 1.64. The van der Waals surface area contributed by atoms with E-state index in [-0.39, 0.29) is 0 Å². The first-order valence-corrected chi connectivity index (χ1v) is 8.47. The van der Waals surface area contributed by atoms with Crippen LogP contribution in [0, 0.1) is 0 Å². The van der Waals surface area contributed by atoms with E-state index in [0.717, 1.165) is 31.7 Å². The standard InChI is InChI=1S/C16H17Cl2N5O/c17-12-5-4-11(8-13(12)18)21-16(24)22-14-9-15(20-10-19-14)23-6-2-1-3-7-23/h4-5,8-10H,1-3,6-7H2,(H2,19,20,21,22,24). The molecule has 0 saturated carbocycles. The Kier molecular flexibility index (Phi) is 5.37. The minimum absolute atomic E-state index is 0.379. The van der Waals surface area contributed by atoms with Gasteiger partial charge in [-0.05, 0) is 37.5 Å². The Morgan fingerprint density at radius 2 is 1.79 bits per heavy atom. The Labute approximate surface area is 150 Å². The van der Waals surface area contributed by atoms with Gasteiger partial charge in [0.25, 0.3) is 0 Å². The largest absolute Gasteiger partial charge is 0.356 e. The van der Waals surface area contributed by atoms with Crippen molar-refractivity contribution in [1.82, 2.24) is 9.97 Å². The molecule has 0 unspecified atom stereocenters. The van der Waals surface area contributed by atoms with Crippen LogP contribution in [0.2, 0.25) is 10.0 Å². The SMILES string of the molecule is O=C(Nc1ccc(Cl)c(Cl)c1)Nc1cc(N2CCCCC2)ncn1. The molecule has 2 aromatic rings. The Bertz CT molecular complexity index is 734. The third kappa shape index (κ3) is 4.27. The number of amides is 2. The van der Waals surface area contributed by atoms with Gasteiger partial charge in [0.2, 0.25) is 0 Å². The minimum atomic E-state index is -0.406. The van der Waals surface area contributed by atoms with Crippen molar-refractivity contribution in [3.63, 3.8) is 0 Å². The van der Waals surface area contributed by atoms with E-state index < -0.39 is 6.03 Å². The molecule has 1 fully saturated rings. The lowest BCUT2D eigenvalue weighted by molar-refractivity contribution is 0.262. The average molecular weight is 366 g/mol. The van der Waals surface area contributed by atoms with Crippen LogP contribution in [-0.4, -0.2) is 29.1 Å². The first kappa shape index (κ1) is 16.8. The summed E-state index contributed by atoms with van der Waals surface area (Å²) in [4.78, 5) is 22.7. The van der Waals surface area contributed by atoms with Crippen molar-refractivity contribution in [2.75, 3.05) is 28.6 Å². The molecule has 0 atom stereocenters. The van der Waals surface area contributed by atoms with Crippen molar-refractivity contribution in [2.45, 2.75) is 19.3 Å². The van der Waals surface area contributed by atoms with Crippen LogP contribution in [0.3, 0.4) is 0 Å². The molecule has 0 radical (unpaired) electrons. The number of carbonyl (C=O) groups excluding carboxylic acids is 1. The number of rotatable bonds is 3. The number of benzene rings is 1. The van der Waals surface area contributed by atoms with E-state index in [0.29, 0.717) is 21.6 Å². The van der Waals surface area contributed by atoms with Crippen molar-refractivity contribution in [3.05, 3.63) is 40.6 Å². The maximum absolute atomic E-state index is 12.1. The summed E-state index contributed by atoms with van der Waals surface area (Å²) in [5, 5.41) is 6.20. The van der Waals surface area contributed by atoms with Crippen molar-refractivity contribution in [2.24, 2.45) is 0 Å². The van der Waals surface area contributed by atoms with Gasteiger partial charge in [0.05, 0.1) is 10.0 Å². The first-order chi connectivity index (χ1) is 11.6. The summed E-state index contributed by atoms with van der Waals surface area (Å²) in [6, 6.07) is 6.25. The highest BCUT2D eigenvalue weighted by atomic mass is 35.5. The van der Waals surface area contributed by atoms with Gasteiger partial charge in [-0.15, -0.1) is 0 Å². The summed E-state index contributed by atoms with van der Waals surface area (Å²) >= 11 is 11.8. The molecule has 1 aliphatic heterocycles. The normalized spacial score (nSPS) is 14.3. The van der Waals surface area contributed by atoms with Crippen LogP contribution in [0.4, 0.5) is 22.1 Å². The van der Waals surface area contributed by atoms with Gasteiger partial charge < -0.3 is 10.2 Å². The van der Waals surface area contributed by atoms with E-state index in [4.69, 9.17) is 23.2 Å². The second-order valence-electron chi connectivity index (χ2n) is 5.52. The molecule has 1 aromatic carbocycles. The van der Waals surface area contributed by atoms with Crippen LogP contribution in [0.1, 0.15) is 19.3 Å². The molecule has 8 heteroatoms. The molecule has 2 heterocycles. The summed E-state index contributed by atoms with van der Waals surface area (Å²) < 4.78 is 0. The van der Waals surface area contributed by atoms with Gasteiger partial charge in [-0.25, -0.2) is 14.8 Å². The molecule has 1 saturated heterocycles. The van der Waals surface area contributed by atoms with Crippen LogP contribution in [0.5, 0.6) is 0 Å². The number of urea groups is 1. The zero-order chi connectivity index (χ0) is 16.9. The van der Waals surface area contributed by atoms with E-state index in [1.807, 2.05) is 0 Å². The van der Waals surface area contributed by atoms with E-state index in [1.165, 1.54) is 12.7 Å². The molecule has 1 aliphatic rings. The lowest BCUT2D eigenvalue weighted by Gasteiger charge is -2.27. The summed E-state index contributed by atoms with van der Waals surface area (Å²) in [6.45, 7) is 1.96. The third-order valence-corrected chi connectivity index (χ3v) is 4.49. The molecule has 3 rings (SSSR count). The number of nitrogens with zero attached hydrogens (tertiary/aromatic N) is 3. The highest BCUT2D eigenvalue weighted by Crippen LogP contribution is 2.25. The van der Waals surface area contributed by atoms with Crippen molar-refractivity contribution in [1.29, 1.82) is 0 Å². The van der Waals surface area contributed by atoms with Crippen LogP contribution in [0.25, 0.3) is 0 Å². The predicted molar refractivity (Wildman–Crippen MR) is 97.2 cm³/mol. The lowest BCUT2D eigenvalue weighted by Crippen LogP contribution is -2.30. The summed E-state index contributed by atoms with van der Waals surface area (Å²) in [7, 11) is 0. The fraction of sp³-hybridized carbons (Fsp3) is 0.312. The molecule has 1 aromatic heterocycles. The van der Waals surface area contributed by atoms with Gasteiger partial charge in [0, 0.05) is 24.8 Å². The molecule has 24 heavy (non-hydrogen) atoms. The van der Waals surface area contributed by atoms with Gasteiger partial charge >= 0.3 is 6.03 Å². The first-order valence-electron chi connectivity index (χ1n) is 7.72. The summed E-state index contributed by atoms with van der Waals surface area (Å²) in [5.74, 6) is 1.28. The van der Waals surface area contributed by atoms with E-state index in [2.05, 4.69) is 25.5 Å².